The number of benzene rings is 2. The van der Waals surface area contributed by atoms with Gasteiger partial charge in [0.15, 0.2) is 0 Å². The molecule has 4 rings (SSSR count). The minimum absolute atomic E-state index is 0.0884. The average molecular weight is 390 g/mol. The fourth-order valence-corrected chi connectivity index (χ4v) is 3.42. The van der Waals surface area contributed by atoms with Crippen molar-refractivity contribution in [2.45, 2.75) is 32.7 Å². The predicted molar refractivity (Wildman–Crippen MR) is 108 cm³/mol. The molecule has 3 aromatic rings. The Hall–Kier alpha value is -3.48. The van der Waals surface area contributed by atoms with Crippen LogP contribution in [0.1, 0.15) is 47.6 Å². The summed E-state index contributed by atoms with van der Waals surface area (Å²) in [5.41, 5.74) is 3.16. The number of carbonyl (C=O) groups is 2. The fourth-order valence-electron chi connectivity index (χ4n) is 3.42. The van der Waals surface area contributed by atoms with Crippen molar-refractivity contribution in [3.8, 4) is 11.4 Å². The molecule has 1 fully saturated rings. The standard InChI is InChI=1S/C22H22N4O3/c1-14-7-3-4-10-18(14)20-24-22(29-25-20)15(2)23-21(28)16-8-5-9-17(13-16)26-12-6-11-19(26)27/h3-5,7-10,13,15H,6,11-12H2,1-2H3,(H,23,28)/t15-/m0/s1. The van der Waals surface area contributed by atoms with Crippen molar-refractivity contribution in [3.63, 3.8) is 0 Å². The van der Waals surface area contributed by atoms with Crippen LogP contribution >= 0.6 is 0 Å². The zero-order valence-electron chi connectivity index (χ0n) is 16.4. The van der Waals surface area contributed by atoms with Crippen LogP contribution in [-0.4, -0.2) is 28.5 Å². The van der Waals surface area contributed by atoms with Crippen molar-refractivity contribution in [2.75, 3.05) is 11.4 Å². The van der Waals surface area contributed by atoms with E-state index in [1.807, 2.05) is 37.3 Å². The number of anilines is 1. The highest BCUT2D eigenvalue weighted by molar-refractivity contribution is 5.99. The third-order valence-corrected chi connectivity index (χ3v) is 5.04. The van der Waals surface area contributed by atoms with Crippen molar-refractivity contribution in [2.24, 2.45) is 0 Å². The molecule has 1 aliphatic heterocycles. The largest absolute Gasteiger partial charge is 0.341 e. The Kier molecular flexibility index (Phi) is 5.12. The van der Waals surface area contributed by atoms with E-state index < -0.39 is 6.04 Å². The highest BCUT2D eigenvalue weighted by Gasteiger charge is 2.23. The molecule has 0 radical (unpaired) electrons. The molecule has 1 aromatic heterocycles. The van der Waals surface area contributed by atoms with Crippen LogP contribution in [0.5, 0.6) is 0 Å². The number of amides is 2. The molecule has 2 heterocycles. The van der Waals surface area contributed by atoms with E-state index in [0.29, 0.717) is 30.2 Å². The topological polar surface area (TPSA) is 88.3 Å². The summed E-state index contributed by atoms with van der Waals surface area (Å²) in [6.45, 7) is 4.46. The van der Waals surface area contributed by atoms with Gasteiger partial charge in [0.05, 0.1) is 0 Å². The molecule has 148 valence electrons. The Labute approximate surface area is 168 Å². The maximum Gasteiger partial charge on any atom is 0.251 e. The first-order valence-electron chi connectivity index (χ1n) is 9.64. The van der Waals surface area contributed by atoms with Gasteiger partial charge in [0.25, 0.3) is 5.91 Å². The zero-order chi connectivity index (χ0) is 20.4. The van der Waals surface area contributed by atoms with E-state index in [2.05, 4.69) is 15.5 Å². The number of nitrogens with zero attached hydrogens (tertiary/aromatic N) is 3. The van der Waals surface area contributed by atoms with Crippen molar-refractivity contribution in [3.05, 3.63) is 65.5 Å². The maximum atomic E-state index is 12.7. The summed E-state index contributed by atoms with van der Waals surface area (Å²) in [4.78, 5) is 30.8. The van der Waals surface area contributed by atoms with Gasteiger partial charge in [-0.05, 0) is 44.0 Å². The molecule has 0 unspecified atom stereocenters. The molecule has 1 N–H and O–H groups in total. The van der Waals surface area contributed by atoms with Crippen molar-refractivity contribution < 1.29 is 14.1 Å². The normalized spacial score (nSPS) is 14.8. The fraction of sp³-hybridized carbons (Fsp3) is 0.273. The van der Waals surface area contributed by atoms with Gasteiger partial charge in [0, 0.05) is 29.8 Å². The average Bonchev–Trinajstić information content (AvgIpc) is 3.38. The van der Waals surface area contributed by atoms with Gasteiger partial charge in [-0.1, -0.05) is 35.5 Å². The minimum atomic E-state index is -0.454. The smallest absolute Gasteiger partial charge is 0.251 e. The summed E-state index contributed by atoms with van der Waals surface area (Å²) in [5, 5.41) is 6.92. The summed E-state index contributed by atoms with van der Waals surface area (Å²) < 4.78 is 5.36. The molecule has 29 heavy (non-hydrogen) atoms. The highest BCUT2D eigenvalue weighted by Crippen LogP contribution is 2.24. The van der Waals surface area contributed by atoms with Gasteiger partial charge in [-0.15, -0.1) is 0 Å². The molecule has 2 aromatic carbocycles. The summed E-state index contributed by atoms with van der Waals surface area (Å²) in [7, 11) is 0. The third kappa shape index (κ3) is 3.89. The Morgan fingerprint density at radius 2 is 2.03 bits per heavy atom. The van der Waals surface area contributed by atoms with E-state index in [-0.39, 0.29) is 11.8 Å². The van der Waals surface area contributed by atoms with Crippen molar-refractivity contribution >= 4 is 17.5 Å². The highest BCUT2D eigenvalue weighted by atomic mass is 16.5. The lowest BCUT2D eigenvalue weighted by Crippen LogP contribution is -2.28. The lowest BCUT2D eigenvalue weighted by atomic mass is 10.1. The van der Waals surface area contributed by atoms with Crippen LogP contribution < -0.4 is 10.2 Å². The molecular formula is C22H22N4O3. The van der Waals surface area contributed by atoms with Crippen LogP contribution in [0.3, 0.4) is 0 Å². The van der Waals surface area contributed by atoms with Gasteiger partial charge in [0.2, 0.25) is 17.6 Å². The Morgan fingerprint density at radius 1 is 1.21 bits per heavy atom. The van der Waals surface area contributed by atoms with E-state index in [0.717, 1.165) is 23.2 Å². The van der Waals surface area contributed by atoms with Crippen LogP contribution in [0.25, 0.3) is 11.4 Å². The van der Waals surface area contributed by atoms with E-state index in [4.69, 9.17) is 4.52 Å². The second-order valence-corrected chi connectivity index (χ2v) is 7.17. The monoisotopic (exact) mass is 390 g/mol. The van der Waals surface area contributed by atoms with Gasteiger partial charge in [-0.3, -0.25) is 9.59 Å². The molecule has 0 bridgehead atoms. The summed E-state index contributed by atoms with van der Waals surface area (Å²) in [6.07, 6.45) is 1.39. The van der Waals surface area contributed by atoms with Crippen LogP contribution in [0, 0.1) is 6.92 Å². The first kappa shape index (κ1) is 18.9. The second-order valence-electron chi connectivity index (χ2n) is 7.17. The Balaban J connectivity index is 1.48. The Morgan fingerprint density at radius 3 is 2.79 bits per heavy atom. The predicted octanol–water partition coefficient (Wildman–Crippen LogP) is 3.66. The quantitative estimate of drug-likeness (QED) is 0.718. The lowest BCUT2D eigenvalue weighted by molar-refractivity contribution is -0.117. The van der Waals surface area contributed by atoms with E-state index in [9.17, 15) is 9.59 Å². The van der Waals surface area contributed by atoms with Gasteiger partial charge in [-0.25, -0.2) is 0 Å². The molecule has 2 amide bonds. The van der Waals surface area contributed by atoms with Gasteiger partial charge in [-0.2, -0.15) is 4.98 Å². The van der Waals surface area contributed by atoms with Crippen molar-refractivity contribution in [1.82, 2.24) is 15.5 Å². The van der Waals surface area contributed by atoms with Crippen LogP contribution in [-0.2, 0) is 4.79 Å². The molecule has 0 saturated carbocycles. The number of hydrogen-bond acceptors (Lipinski definition) is 5. The van der Waals surface area contributed by atoms with Crippen LogP contribution in [0.4, 0.5) is 5.69 Å². The second kappa shape index (κ2) is 7.87. The first-order chi connectivity index (χ1) is 14.0. The molecule has 0 aliphatic carbocycles. The number of nitrogens with one attached hydrogen (secondary N) is 1. The van der Waals surface area contributed by atoms with E-state index >= 15 is 0 Å². The number of carbonyl (C=O) groups excluding carboxylic acids is 2. The van der Waals surface area contributed by atoms with E-state index in [1.54, 1.807) is 30.0 Å². The van der Waals surface area contributed by atoms with E-state index in [1.165, 1.54) is 0 Å². The molecule has 1 saturated heterocycles. The van der Waals surface area contributed by atoms with Crippen LogP contribution in [0.15, 0.2) is 53.1 Å². The van der Waals surface area contributed by atoms with Gasteiger partial charge < -0.3 is 14.7 Å². The molecular weight excluding hydrogens is 368 g/mol. The number of hydrogen-bond donors (Lipinski definition) is 1. The molecule has 7 heteroatoms. The number of aryl methyl sites for hydroxylation is 1. The maximum absolute atomic E-state index is 12.7. The van der Waals surface area contributed by atoms with Crippen molar-refractivity contribution in [1.29, 1.82) is 0 Å². The molecule has 1 aliphatic rings. The molecule has 0 spiro atoms. The summed E-state index contributed by atoms with van der Waals surface area (Å²) >= 11 is 0. The SMILES string of the molecule is Cc1ccccc1-c1noc([C@H](C)NC(=O)c2cccc(N3CCCC3=O)c2)n1. The summed E-state index contributed by atoms with van der Waals surface area (Å²) in [5.74, 6) is 0.656. The molecule has 1 atom stereocenters. The minimum Gasteiger partial charge on any atom is -0.341 e. The molecule has 7 nitrogen and oxygen atoms in total. The van der Waals surface area contributed by atoms with Crippen LogP contribution in [0.2, 0.25) is 0 Å². The lowest BCUT2D eigenvalue weighted by Gasteiger charge is -2.17. The number of rotatable bonds is 5. The first-order valence-corrected chi connectivity index (χ1v) is 9.64. The van der Waals surface area contributed by atoms with Gasteiger partial charge in [0.1, 0.15) is 6.04 Å². The number of aromatic nitrogens is 2. The zero-order valence-corrected chi connectivity index (χ0v) is 16.4. The van der Waals surface area contributed by atoms with Gasteiger partial charge >= 0.3 is 0 Å². The summed E-state index contributed by atoms with van der Waals surface area (Å²) in [6, 6.07) is 14.4. The third-order valence-electron chi connectivity index (χ3n) is 5.04. The Bertz CT molecular complexity index is 1060.